The molecular formula is C42H84NO7P. The van der Waals surface area contributed by atoms with Crippen LogP contribution < -0.4 is 4.89 Å². The molecule has 9 heteroatoms. The van der Waals surface area contributed by atoms with Crippen molar-refractivity contribution >= 4 is 13.8 Å². The van der Waals surface area contributed by atoms with Crippen LogP contribution in [0.5, 0.6) is 0 Å². The highest BCUT2D eigenvalue weighted by atomic mass is 31.2. The number of esters is 1. The quantitative estimate of drug-likeness (QED) is 0.0203. The van der Waals surface area contributed by atoms with Crippen LogP contribution in [-0.4, -0.2) is 70.7 Å². The molecular weight excluding hydrogens is 661 g/mol. The normalized spacial score (nSPS) is 13.9. The van der Waals surface area contributed by atoms with E-state index in [1.807, 2.05) is 21.1 Å². The van der Waals surface area contributed by atoms with Crippen LogP contribution in [-0.2, 0) is 27.9 Å². The number of carbonyl (C=O) groups is 1. The first-order chi connectivity index (χ1) is 24.6. The highest BCUT2D eigenvalue weighted by Gasteiger charge is 2.20. The molecule has 0 radical (unpaired) electrons. The predicted octanol–water partition coefficient (Wildman–Crippen LogP) is 11.6. The van der Waals surface area contributed by atoms with Crippen molar-refractivity contribution in [2.24, 2.45) is 0 Å². The van der Waals surface area contributed by atoms with Crippen molar-refractivity contribution in [2.75, 3.05) is 54.1 Å². The maximum absolute atomic E-state index is 12.3. The number of likely N-dealkylation sites (N-methyl/N-ethyl adjacent to an activating group) is 1. The van der Waals surface area contributed by atoms with Crippen molar-refractivity contribution < 1.29 is 37.3 Å². The van der Waals surface area contributed by atoms with E-state index in [0.717, 1.165) is 32.1 Å². The van der Waals surface area contributed by atoms with Gasteiger partial charge in [-0.15, -0.1) is 0 Å². The Morgan fingerprint density at radius 2 is 1.02 bits per heavy atom. The molecule has 0 rings (SSSR count). The fraction of sp³-hybridized carbons (Fsp3) is 0.929. The van der Waals surface area contributed by atoms with E-state index in [-0.39, 0.29) is 25.8 Å². The molecule has 0 bridgehead atoms. The fourth-order valence-electron chi connectivity index (χ4n) is 5.95. The minimum absolute atomic E-state index is 0.0281. The van der Waals surface area contributed by atoms with Crippen molar-refractivity contribution in [3.05, 3.63) is 12.2 Å². The van der Waals surface area contributed by atoms with Gasteiger partial charge in [-0.25, -0.2) is 0 Å². The number of quaternary nitrogens is 1. The first-order valence-corrected chi connectivity index (χ1v) is 22.9. The van der Waals surface area contributed by atoms with Crippen LogP contribution in [0.25, 0.3) is 0 Å². The van der Waals surface area contributed by atoms with Gasteiger partial charge in [0, 0.05) is 13.0 Å². The molecule has 0 heterocycles. The van der Waals surface area contributed by atoms with E-state index in [1.54, 1.807) is 0 Å². The molecule has 0 aliphatic carbocycles. The minimum Gasteiger partial charge on any atom is -0.756 e. The topological polar surface area (TPSA) is 94.1 Å². The van der Waals surface area contributed by atoms with Gasteiger partial charge in [0.2, 0.25) is 0 Å². The highest BCUT2D eigenvalue weighted by molar-refractivity contribution is 7.45. The summed E-state index contributed by atoms with van der Waals surface area (Å²) in [5.74, 6) is -0.356. The molecule has 0 aliphatic heterocycles. The van der Waals surface area contributed by atoms with Gasteiger partial charge in [0.05, 0.1) is 34.4 Å². The Morgan fingerprint density at radius 1 is 0.588 bits per heavy atom. The van der Waals surface area contributed by atoms with Gasteiger partial charge in [-0.3, -0.25) is 9.36 Å². The van der Waals surface area contributed by atoms with Crippen LogP contribution in [0.15, 0.2) is 12.2 Å². The zero-order valence-electron chi connectivity index (χ0n) is 34.3. The highest BCUT2D eigenvalue weighted by Crippen LogP contribution is 2.38. The third-order valence-electron chi connectivity index (χ3n) is 9.32. The van der Waals surface area contributed by atoms with Crippen LogP contribution in [0.1, 0.15) is 194 Å². The molecule has 8 nitrogen and oxygen atoms in total. The molecule has 2 unspecified atom stereocenters. The first-order valence-electron chi connectivity index (χ1n) is 21.4. The van der Waals surface area contributed by atoms with Gasteiger partial charge in [-0.05, 0) is 38.5 Å². The summed E-state index contributed by atoms with van der Waals surface area (Å²) in [6.07, 6.45) is 38.9. The first kappa shape index (κ1) is 50.2. The summed E-state index contributed by atoms with van der Waals surface area (Å²) in [4.78, 5) is 24.5. The van der Waals surface area contributed by atoms with Crippen LogP contribution in [0.3, 0.4) is 0 Å². The molecule has 0 aromatic carbocycles. The zero-order chi connectivity index (χ0) is 37.7. The maximum Gasteiger partial charge on any atom is 0.306 e. The molecule has 0 aliphatic rings. The van der Waals surface area contributed by atoms with E-state index in [9.17, 15) is 14.3 Å². The number of ether oxygens (including phenoxy) is 2. The van der Waals surface area contributed by atoms with E-state index in [1.165, 1.54) is 141 Å². The van der Waals surface area contributed by atoms with Gasteiger partial charge < -0.3 is 27.9 Å². The number of rotatable bonds is 40. The summed E-state index contributed by atoms with van der Waals surface area (Å²) >= 11 is 0. The maximum atomic E-state index is 12.3. The summed E-state index contributed by atoms with van der Waals surface area (Å²) in [6.45, 7) is 5.26. The Hall–Kier alpha value is -0.760. The molecule has 304 valence electrons. The Morgan fingerprint density at radius 3 is 1.49 bits per heavy atom. The van der Waals surface area contributed by atoms with Gasteiger partial charge in [-0.2, -0.15) is 0 Å². The number of nitrogens with zero attached hydrogens (tertiary/aromatic N) is 1. The lowest BCUT2D eigenvalue weighted by atomic mass is 10.0. The van der Waals surface area contributed by atoms with Crippen LogP contribution in [0.4, 0.5) is 0 Å². The molecule has 2 atom stereocenters. The lowest BCUT2D eigenvalue weighted by Gasteiger charge is -2.28. The minimum atomic E-state index is -4.50. The summed E-state index contributed by atoms with van der Waals surface area (Å²) in [5, 5.41) is 0. The summed E-state index contributed by atoms with van der Waals surface area (Å²) in [5.41, 5.74) is 0. The Kier molecular flexibility index (Phi) is 35.7. The van der Waals surface area contributed by atoms with Crippen LogP contribution in [0.2, 0.25) is 0 Å². The smallest absolute Gasteiger partial charge is 0.306 e. The number of phosphoric acid groups is 1. The third kappa shape index (κ3) is 40.3. The van der Waals surface area contributed by atoms with Crippen molar-refractivity contribution in [1.29, 1.82) is 0 Å². The number of hydrogen-bond donors (Lipinski definition) is 0. The standard InChI is InChI=1S/C42H84NO7P/c1-6-8-10-11-12-13-14-15-16-17-18-19-20-21-22-23-24-25-26-27-28-29-30-31-32-34-37-47-39-41(50-42(44)35-33-9-7-2)40-49-51(45,46)48-38-36-43(3,4)5/h17-18,41H,6-16,19-40H2,1-5H3/b18-17-. The monoisotopic (exact) mass is 746 g/mol. The Labute approximate surface area is 316 Å². The molecule has 0 fully saturated rings. The molecule has 0 aromatic heterocycles. The summed E-state index contributed by atoms with van der Waals surface area (Å²) in [7, 11) is 1.36. The van der Waals surface area contributed by atoms with Crippen molar-refractivity contribution in [3.63, 3.8) is 0 Å². The molecule has 0 amide bonds. The number of phosphoric ester groups is 1. The second-order valence-corrected chi connectivity index (χ2v) is 17.1. The lowest BCUT2D eigenvalue weighted by Crippen LogP contribution is -2.37. The SMILES string of the molecule is CCCCCCCCCC/C=C\CCCCCCCCCCCCCCCCOCC(COP(=O)([O-])OCC[N+](C)(C)C)OC(=O)CCCCC. The molecule has 0 aromatic rings. The van der Waals surface area contributed by atoms with E-state index >= 15 is 0 Å². The van der Waals surface area contributed by atoms with Crippen LogP contribution >= 0.6 is 7.82 Å². The van der Waals surface area contributed by atoms with Crippen molar-refractivity contribution in [1.82, 2.24) is 0 Å². The van der Waals surface area contributed by atoms with Crippen molar-refractivity contribution in [3.8, 4) is 0 Å². The number of unbranched alkanes of at least 4 members (excludes halogenated alkanes) is 24. The van der Waals surface area contributed by atoms with Gasteiger partial charge in [0.1, 0.15) is 19.3 Å². The average Bonchev–Trinajstić information content (AvgIpc) is 3.07. The Bertz CT molecular complexity index is 833. The van der Waals surface area contributed by atoms with Crippen LogP contribution in [0, 0.1) is 0 Å². The summed E-state index contributed by atoms with van der Waals surface area (Å²) < 4.78 is 34.1. The van der Waals surface area contributed by atoms with Gasteiger partial charge in [0.15, 0.2) is 0 Å². The zero-order valence-corrected chi connectivity index (χ0v) is 35.2. The van der Waals surface area contributed by atoms with E-state index in [4.69, 9.17) is 18.5 Å². The molecule has 51 heavy (non-hydrogen) atoms. The van der Waals surface area contributed by atoms with Gasteiger partial charge in [-0.1, -0.05) is 161 Å². The van der Waals surface area contributed by atoms with Gasteiger partial charge >= 0.3 is 5.97 Å². The second-order valence-electron chi connectivity index (χ2n) is 15.7. The fourth-order valence-corrected chi connectivity index (χ4v) is 6.68. The van der Waals surface area contributed by atoms with Gasteiger partial charge in [0.25, 0.3) is 7.82 Å². The molecule has 0 N–H and O–H groups in total. The lowest BCUT2D eigenvalue weighted by molar-refractivity contribution is -0.870. The molecule has 0 spiro atoms. The Balaban J connectivity index is 3.75. The van der Waals surface area contributed by atoms with E-state index in [2.05, 4.69) is 26.0 Å². The number of hydrogen-bond acceptors (Lipinski definition) is 7. The largest absolute Gasteiger partial charge is 0.756 e. The second kappa shape index (κ2) is 36.2. The van der Waals surface area contributed by atoms with Crippen molar-refractivity contribution in [2.45, 2.75) is 200 Å². The molecule has 0 saturated carbocycles. The molecule has 0 saturated heterocycles. The number of carbonyl (C=O) groups excluding carboxylic acids is 1. The van der Waals surface area contributed by atoms with E-state index < -0.39 is 13.9 Å². The predicted molar refractivity (Wildman–Crippen MR) is 213 cm³/mol. The summed E-state index contributed by atoms with van der Waals surface area (Å²) in [6, 6.07) is 0. The number of allylic oxidation sites excluding steroid dienone is 2. The van der Waals surface area contributed by atoms with E-state index in [0.29, 0.717) is 24.1 Å². The third-order valence-corrected chi connectivity index (χ3v) is 10.3. The average molecular weight is 746 g/mol.